The number of imidazole rings is 1. The molecule has 1 N–H and O–H groups in total. The van der Waals surface area contributed by atoms with Gasteiger partial charge in [-0.3, -0.25) is 0 Å². The van der Waals surface area contributed by atoms with Gasteiger partial charge in [0.1, 0.15) is 6.20 Å². The lowest BCUT2D eigenvalue weighted by Crippen LogP contribution is -2.04. The van der Waals surface area contributed by atoms with Crippen LogP contribution in [0.25, 0.3) is 4.96 Å². The summed E-state index contributed by atoms with van der Waals surface area (Å²) in [6.45, 7) is 0.308. The van der Waals surface area contributed by atoms with E-state index >= 15 is 0 Å². The Bertz CT molecular complexity index is 895. The number of methoxy groups -OCH3 is 3. The SMILES string of the molecule is COc1cc(CNc2nc3sccn3c2[N+](=O)[O-])cc(OC)c1OC. The first-order chi connectivity index (χ1) is 12.1. The number of ether oxygens (including phenoxy) is 3. The number of nitrogens with one attached hydrogen (secondary N) is 1. The van der Waals surface area contributed by atoms with Crippen molar-refractivity contribution in [1.82, 2.24) is 9.38 Å². The summed E-state index contributed by atoms with van der Waals surface area (Å²) >= 11 is 1.33. The average molecular weight is 364 g/mol. The Hall–Kier alpha value is -3.01. The molecule has 3 aromatic rings. The van der Waals surface area contributed by atoms with Crippen LogP contribution in [-0.4, -0.2) is 35.6 Å². The zero-order valence-corrected chi connectivity index (χ0v) is 14.6. The summed E-state index contributed by atoms with van der Waals surface area (Å²) in [4.78, 5) is 15.7. The van der Waals surface area contributed by atoms with E-state index in [1.807, 2.05) is 0 Å². The minimum absolute atomic E-state index is 0.0938. The molecule has 132 valence electrons. The molecule has 0 atom stereocenters. The largest absolute Gasteiger partial charge is 0.493 e. The van der Waals surface area contributed by atoms with Crippen LogP contribution in [0, 0.1) is 10.1 Å². The minimum atomic E-state index is -0.454. The smallest absolute Gasteiger partial charge is 0.372 e. The second-order valence-corrected chi connectivity index (χ2v) is 5.86. The fourth-order valence-electron chi connectivity index (χ4n) is 2.49. The molecule has 9 nitrogen and oxygen atoms in total. The first-order valence-electron chi connectivity index (χ1n) is 7.21. The van der Waals surface area contributed by atoms with Crippen LogP contribution >= 0.6 is 11.3 Å². The maximum absolute atomic E-state index is 11.3. The van der Waals surface area contributed by atoms with Gasteiger partial charge in [0.2, 0.25) is 11.6 Å². The molecule has 0 fully saturated rings. The van der Waals surface area contributed by atoms with E-state index in [-0.39, 0.29) is 11.6 Å². The summed E-state index contributed by atoms with van der Waals surface area (Å²) in [7, 11) is 4.59. The van der Waals surface area contributed by atoms with E-state index in [1.54, 1.807) is 23.7 Å². The number of thiazole rings is 1. The summed E-state index contributed by atoms with van der Waals surface area (Å²) in [6.07, 6.45) is 1.62. The molecule has 3 rings (SSSR count). The fourth-order valence-corrected chi connectivity index (χ4v) is 3.20. The van der Waals surface area contributed by atoms with Crippen molar-refractivity contribution in [2.75, 3.05) is 26.6 Å². The normalized spacial score (nSPS) is 10.7. The third-order valence-electron chi connectivity index (χ3n) is 3.59. The van der Waals surface area contributed by atoms with Crippen LogP contribution in [-0.2, 0) is 6.54 Å². The Balaban J connectivity index is 1.90. The van der Waals surface area contributed by atoms with Gasteiger partial charge in [0.15, 0.2) is 11.5 Å². The third-order valence-corrected chi connectivity index (χ3v) is 4.35. The monoisotopic (exact) mass is 364 g/mol. The molecule has 0 aliphatic rings. The number of benzene rings is 1. The molecule has 0 amide bonds. The highest BCUT2D eigenvalue weighted by atomic mass is 32.1. The topological polar surface area (TPSA) is 100 Å². The molecular weight excluding hydrogens is 348 g/mol. The van der Waals surface area contributed by atoms with Crippen LogP contribution in [0.5, 0.6) is 17.2 Å². The lowest BCUT2D eigenvalue weighted by molar-refractivity contribution is -0.389. The number of nitro groups is 1. The first kappa shape index (κ1) is 16.8. The average Bonchev–Trinajstić information content (AvgIpc) is 3.18. The molecule has 2 heterocycles. The summed E-state index contributed by atoms with van der Waals surface area (Å²) in [5.41, 5.74) is 0.806. The zero-order valence-electron chi connectivity index (χ0n) is 13.8. The van der Waals surface area contributed by atoms with Crippen molar-refractivity contribution in [1.29, 1.82) is 0 Å². The summed E-state index contributed by atoms with van der Waals surface area (Å²) < 4.78 is 17.3. The van der Waals surface area contributed by atoms with Crippen LogP contribution in [0.2, 0.25) is 0 Å². The maximum Gasteiger partial charge on any atom is 0.372 e. The van der Waals surface area contributed by atoms with Gasteiger partial charge in [-0.05, 0) is 22.6 Å². The Labute approximate surface area is 146 Å². The molecule has 0 saturated carbocycles. The molecule has 0 aliphatic heterocycles. The highest BCUT2D eigenvalue weighted by Gasteiger charge is 2.23. The number of aromatic nitrogens is 2. The van der Waals surface area contributed by atoms with Crippen molar-refractivity contribution in [3.63, 3.8) is 0 Å². The van der Waals surface area contributed by atoms with E-state index in [2.05, 4.69) is 10.3 Å². The molecule has 25 heavy (non-hydrogen) atoms. The van der Waals surface area contributed by atoms with Crippen molar-refractivity contribution < 1.29 is 19.1 Å². The van der Waals surface area contributed by atoms with Crippen molar-refractivity contribution in [2.24, 2.45) is 0 Å². The van der Waals surface area contributed by atoms with E-state index in [9.17, 15) is 10.1 Å². The quantitative estimate of drug-likeness (QED) is 0.508. The number of rotatable bonds is 7. The molecule has 1 aromatic carbocycles. The number of nitrogens with zero attached hydrogens (tertiary/aromatic N) is 3. The zero-order chi connectivity index (χ0) is 18.0. The lowest BCUT2D eigenvalue weighted by atomic mass is 10.2. The number of fused-ring (bicyclic) bond motifs is 1. The van der Waals surface area contributed by atoms with E-state index in [1.165, 1.54) is 37.1 Å². The van der Waals surface area contributed by atoms with Gasteiger partial charge in [-0.1, -0.05) is 11.3 Å². The second kappa shape index (κ2) is 6.85. The van der Waals surface area contributed by atoms with E-state index < -0.39 is 4.92 Å². The van der Waals surface area contributed by atoms with Gasteiger partial charge in [-0.2, -0.15) is 9.38 Å². The predicted molar refractivity (Wildman–Crippen MR) is 93.1 cm³/mol. The van der Waals surface area contributed by atoms with Crippen molar-refractivity contribution >= 4 is 27.9 Å². The van der Waals surface area contributed by atoms with E-state index in [4.69, 9.17) is 14.2 Å². The third kappa shape index (κ3) is 3.03. The van der Waals surface area contributed by atoms with Gasteiger partial charge in [-0.25, -0.2) is 0 Å². The van der Waals surface area contributed by atoms with Crippen molar-refractivity contribution in [3.05, 3.63) is 39.4 Å². The fraction of sp³-hybridized carbons (Fsp3) is 0.267. The first-order valence-corrected chi connectivity index (χ1v) is 8.09. The van der Waals surface area contributed by atoms with Gasteiger partial charge in [0.25, 0.3) is 4.96 Å². The van der Waals surface area contributed by atoms with Gasteiger partial charge >= 0.3 is 5.82 Å². The molecule has 0 saturated heterocycles. The number of hydrogen-bond acceptors (Lipinski definition) is 8. The Morgan fingerprint density at radius 2 is 1.92 bits per heavy atom. The number of anilines is 1. The highest BCUT2D eigenvalue weighted by Crippen LogP contribution is 2.38. The van der Waals surface area contributed by atoms with Crippen LogP contribution in [0.3, 0.4) is 0 Å². The highest BCUT2D eigenvalue weighted by molar-refractivity contribution is 7.15. The summed E-state index contributed by atoms with van der Waals surface area (Å²) in [5.74, 6) is 1.63. The standard InChI is InChI=1S/C15H16N4O5S/c1-22-10-6-9(7-11(23-2)12(10)24-3)8-16-13-14(19(20)21)18-4-5-25-15(18)17-13/h4-7,16H,8H2,1-3H3. The Kier molecular flexibility index (Phi) is 4.61. The van der Waals surface area contributed by atoms with Gasteiger partial charge in [0, 0.05) is 11.9 Å². The molecular formula is C15H16N4O5S. The van der Waals surface area contributed by atoms with Crippen molar-refractivity contribution in [3.8, 4) is 17.2 Å². The van der Waals surface area contributed by atoms with Crippen molar-refractivity contribution in [2.45, 2.75) is 6.54 Å². The number of hydrogen-bond donors (Lipinski definition) is 1. The van der Waals surface area contributed by atoms with Crippen LogP contribution < -0.4 is 19.5 Å². The van der Waals surface area contributed by atoms with Gasteiger partial charge in [0.05, 0.1) is 21.3 Å². The van der Waals surface area contributed by atoms with Crippen LogP contribution in [0.1, 0.15) is 5.56 Å². The lowest BCUT2D eigenvalue weighted by Gasteiger charge is -2.14. The van der Waals surface area contributed by atoms with Gasteiger partial charge < -0.3 is 29.6 Å². The molecule has 0 radical (unpaired) electrons. The Morgan fingerprint density at radius 3 is 2.48 bits per heavy atom. The molecule has 0 spiro atoms. The maximum atomic E-state index is 11.3. The van der Waals surface area contributed by atoms with Crippen LogP contribution in [0.15, 0.2) is 23.7 Å². The van der Waals surface area contributed by atoms with E-state index in [0.717, 1.165) is 5.56 Å². The summed E-state index contributed by atoms with van der Waals surface area (Å²) in [6, 6.07) is 3.55. The minimum Gasteiger partial charge on any atom is -0.493 e. The summed E-state index contributed by atoms with van der Waals surface area (Å²) in [5, 5.41) is 16.1. The van der Waals surface area contributed by atoms with Crippen LogP contribution in [0.4, 0.5) is 11.6 Å². The predicted octanol–water partition coefficient (Wildman–Crippen LogP) is 2.94. The van der Waals surface area contributed by atoms with Gasteiger partial charge in [-0.15, -0.1) is 0 Å². The van der Waals surface area contributed by atoms with E-state index in [0.29, 0.717) is 28.8 Å². The molecule has 0 bridgehead atoms. The molecule has 0 aliphatic carbocycles. The Morgan fingerprint density at radius 1 is 1.24 bits per heavy atom. The second-order valence-electron chi connectivity index (χ2n) is 4.98. The molecule has 2 aromatic heterocycles. The molecule has 0 unspecified atom stereocenters. The molecule has 10 heteroatoms.